The summed E-state index contributed by atoms with van der Waals surface area (Å²) in [5.41, 5.74) is 1.06. The van der Waals surface area contributed by atoms with Gasteiger partial charge in [0.2, 0.25) is 5.91 Å². The van der Waals surface area contributed by atoms with Crippen LogP contribution >= 0.6 is 0 Å². The molecule has 2 unspecified atom stereocenters. The number of piperidine rings is 1. The lowest BCUT2D eigenvalue weighted by Gasteiger charge is -2.40. The Kier molecular flexibility index (Phi) is 6.23. The molecule has 2 saturated heterocycles. The van der Waals surface area contributed by atoms with Crippen molar-refractivity contribution in [3.63, 3.8) is 0 Å². The number of rotatable bonds is 6. The molecule has 1 aromatic heterocycles. The van der Waals surface area contributed by atoms with E-state index in [-0.39, 0.29) is 18.4 Å². The van der Waals surface area contributed by atoms with E-state index in [0.29, 0.717) is 25.3 Å². The number of hydrogen-bond acceptors (Lipinski definition) is 5. The Morgan fingerprint density at radius 1 is 1.33 bits per heavy atom. The van der Waals surface area contributed by atoms with Gasteiger partial charge in [0, 0.05) is 51.9 Å². The second-order valence-electron chi connectivity index (χ2n) is 6.97. The van der Waals surface area contributed by atoms with Gasteiger partial charge in [0.05, 0.1) is 19.4 Å². The van der Waals surface area contributed by atoms with Crippen LogP contribution in [0.5, 0.6) is 0 Å². The molecule has 3 rings (SSSR count). The van der Waals surface area contributed by atoms with Crippen molar-refractivity contribution in [1.82, 2.24) is 20.0 Å². The van der Waals surface area contributed by atoms with E-state index in [1.165, 1.54) is 0 Å². The smallest absolute Gasteiger partial charge is 0.222 e. The molecule has 0 radical (unpaired) electrons. The summed E-state index contributed by atoms with van der Waals surface area (Å²) in [5.74, 6) is 0.816. The van der Waals surface area contributed by atoms with Crippen molar-refractivity contribution in [2.24, 2.45) is 11.8 Å². The number of carbonyl (C=O) groups excluding carboxylic acids is 1. The maximum absolute atomic E-state index is 12.6. The van der Waals surface area contributed by atoms with Gasteiger partial charge in [0.1, 0.15) is 0 Å². The molecule has 24 heavy (non-hydrogen) atoms. The van der Waals surface area contributed by atoms with Crippen molar-refractivity contribution < 1.29 is 14.6 Å². The van der Waals surface area contributed by atoms with Gasteiger partial charge in [0.25, 0.3) is 0 Å². The van der Waals surface area contributed by atoms with Crippen molar-refractivity contribution in [3.8, 4) is 0 Å². The second kappa shape index (κ2) is 8.60. The Balaban J connectivity index is 1.52. The number of amides is 1. The van der Waals surface area contributed by atoms with Crippen LogP contribution in [0, 0.1) is 11.8 Å². The van der Waals surface area contributed by atoms with Crippen LogP contribution in [0.2, 0.25) is 0 Å². The van der Waals surface area contributed by atoms with Gasteiger partial charge in [-0.3, -0.25) is 14.8 Å². The second-order valence-corrected chi connectivity index (χ2v) is 6.97. The molecule has 7 heteroatoms. The topological polar surface area (TPSA) is 81.7 Å². The van der Waals surface area contributed by atoms with Gasteiger partial charge in [-0.25, -0.2) is 0 Å². The molecule has 0 aromatic carbocycles. The van der Waals surface area contributed by atoms with Crippen LogP contribution < -0.4 is 0 Å². The van der Waals surface area contributed by atoms with E-state index >= 15 is 0 Å². The number of hydrogen-bond donors (Lipinski definition) is 2. The molecular formula is C17H28N4O3. The highest BCUT2D eigenvalue weighted by atomic mass is 16.5. The third-order valence-corrected chi connectivity index (χ3v) is 5.04. The van der Waals surface area contributed by atoms with E-state index in [9.17, 15) is 9.90 Å². The first-order valence-electron chi connectivity index (χ1n) is 8.91. The van der Waals surface area contributed by atoms with E-state index in [1.807, 2.05) is 11.1 Å². The standard InChI is InChI=1S/C17H28N4O3/c22-13-16-7-15(10-20-3-5-24-6-4-20)11-21(12-16)17(23)2-1-14-8-18-19-9-14/h8-9,15-16,22H,1-7,10-13H2,(H,18,19). The minimum atomic E-state index is 0.158. The van der Waals surface area contributed by atoms with E-state index in [2.05, 4.69) is 15.1 Å². The summed E-state index contributed by atoms with van der Waals surface area (Å²) < 4.78 is 5.40. The average Bonchev–Trinajstić information content (AvgIpc) is 3.13. The fraction of sp³-hybridized carbons (Fsp3) is 0.765. The number of carbonyl (C=O) groups is 1. The molecule has 7 nitrogen and oxygen atoms in total. The van der Waals surface area contributed by atoms with Gasteiger partial charge in [-0.1, -0.05) is 0 Å². The van der Waals surface area contributed by atoms with Crippen LogP contribution in [0.15, 0.2) is 12.4 Å². The average molecular weight is 336 g/mol. The SMILES string of the molecule is O=C(CCc1cn[nH]c1)N1CC(CO)CC(CN2CCOCC2)C1. The summed E-state index contributed by atoms with van der Waals surface area (Å²) >= 11 is 0. The predicted octanol–water partition coefficient (Wildman–Crippen LogP) is 0.132. The largest absolute Gasteiger partial charge is 0.396 e. The number of aliphatic hydroxyl groups is 1. The molecule has 3 heterocycles. The van der Waals surface area contributed by atoms with Crippen LogP contribution in [0.4, 0.5) is 0 Å². The Bertz CT molecular complexity index is 502. The quantitative estimate of drug-likeness (QED) is 0.772. The van der Waals surface area contributed by atoms with E-state index < -0.39 is 0 Å². The first kappa shape index (κ1) is 17.4. The highest BCUT2D eigenvalue weighted by molar-refractivity contribution is 5.76. The van der Waals surface area contributed by atoms with Gasteiger partial charge in [-0.05, 0) is 30.2 Å². The molecule has 0 spiro atoms. The first-order chi connectivity index (χ1) is 11.7. The number of nitrogens with zero attached hydrogens (tertiary/aromatic N) is 3. The molecule has 2 aliphatic heterocycles. The number of aliphatic hydroxyl groups excluding tert-OH is 1. The Morgan fingerprint density at radius 2 is 2.12 bits per heavy atom. The molecule has 2 atom stereocenters. The lowest BCUT2D eigenvalue weighted by atomic mass is 9.88. The van der Waals surface area contributed by atoms with Crippen LogP contribution in [0.25, 0.3) is 0 Å². The summed E-state index contributed by atoms with van der Waals surface area (Å²) in [7, 11) is 0. The third-order valence-electron chi connectivity index (χ3n) is 5.04. The minimum Gasteiger partial charge on any atom is -0.396 e. The number of likely N-dealkylation sites (tertiary alicyclic amines) is 1. The molecule has 134 valence electrons. The molecule has 1 aromatic rings. The summed E-state index contributed by atoms with van der Waals surface area (Å²) in [6.45, 7) is 6.16. The molecule has 2 aliphatic rings. The lowest BCUT2D eigenvalue weighted by molar-refractivity contribution is -0.134. The van der Waals surface area contributed by atoms with Gasteiger partial charge in [-0.2, -0.15) is 5.10 Å². The number of nitrogens with one attached hydrogen (secondary N) is 1. The number of ether oxygens (including phenoxy) is 1. The number of morpholine rings is 1. The molecule has 1 amide bonds. The Hall–Kier alpha value is -1.44. The highest BCUT2D eigenvalue weighted by Gasteiger charge is 2.30. The van der Waals surface area contributed by atoms with Crippen molar-refractivity contribution >= 4 is 5.91 Å². The van der Waals surface area contributed by atoms with Crippen LogP contribution in [-0.2, 0) is 16.0 Å². The molecule has 2 N–H and O–H groups in total. The summed E-state index contributed by atoms with van der Waals surface area (Å²) in [4.78, 5) is 16.9. The first-order valence-corrected chi connectivity index (χ1v) is 8.91. The summed E-state index contributed by atoms with van der Waals surface area (Å²) in [6.07, 6.45) is 5.81. The molecule has 0 bridgehead atoms. The summed E-state index contributed by atoms with van der Waals surface area (Å²) in [6, 6.07) is 0. The molecule has 0 saturated carbocycles. The van der Waals surface area contributed by atoms with Crippen molar-refractivity contribution in [1.29, 1.82) is 0 Å². The zero-order valence-electron chi connectivity index (χ0n) is 14.2. The molecule has 0 aliphatic carbocycles. The van der Waals surface area contributed by atoms with E-state index in [4.69, 9.17) is 4.74 Å². The summed E-state index contributed by atoms with van der Waals surface area (Å²) in [5, 5.41) is 16.3. The van der Waals surface area contributed by atoms with Gasteiger partial charge < -0.3 is 14.7 Å². The number of aromatic amines is 1. The Labute approximate surface area is 143 Å². The normalized spacial score (nSPS) is 25.8. The number of aryl methyl sites for hydroxylation is 1. The Morgan fingerprint density at radius 3 is 2.83 bits per heavy atom. The molecular weight excluding hydrogens is 308 g/mol. The fourth-order valence-electron chi connectivity index (χ4n) is 3.76. The molecule has 2 fully saturated rings. The highest BCUT2D eigenvalue weighted by Crippen LogP contribution is 2.24. The maximum Gasteiger partial charge on any atom is 0.222 e. The number of H-pyrrole nitrogens is 1. The van der Waals surface area contributed by atoms with Gasteiger partial charge >= 0.3 is 0 Å². The minimum absolute atomic E-state index is 0.158. The van der Waals surface area contributed by atoms with Crippen molar-refractivity contribution in [3.05, 3.63) is 18.0 Å². The van der Waals surface area contributed by atoms with Gasteiger partial charge in [-0.15, -0.1) is 0 Å². The zero-order chi connectivity index (χ0) is 16.8. The lowest BCUT2D eigenvalue weighted by Crippen LogP contribution is -2.49. The third kappa shape index (κ3) is 4.78. The van der Waals surface area contributed by atoms with Crippen LogP contribution in [0.3, 0.4) is 0 Å². The fourth-order valence-corrected chi connectivity index (χ4v) is 3.76. The monoisotopic (exact) mass is 336 g/mol. The van der Waals surface area contributed by atoms with Gasteiger partial charge in [0.15, 0.2) is 0 Å². The van der Waals surface area contributed by atoms with Crippen molar-refractivity contribution in [2.75, 3.05) is 52.5 Å². The van der Waals surface area contributed by atoms with Crippen LogP contribution in [0.1, 0.15) is 18.4 Å². The van der Waals surface area contributed by atoms with Crippen molar-refractivity contribution in [2.45, 2.75) is 19.3 Å². The van der Waals surface area contributed by atoms with E-state index in [1.54, 1.807) is 6.20 Å². The zero-order valence-corrected chi connectivity index (χ0v) is 14.2. The number of aromatic nitrogens is 2. The maximum atomic E-state index is 12.6. The van der Waals surface area contributed by atoms with Crippen LogP contribution in [-0.4, -0.2) is 83.6 Å². The predicted molar refractivity (Wildman–Crippen MR) is 89.4 cm³/mol. The van der Waals surface area contributed by atoms with E-state index in [0.717, 1.165) is 51.4 Å².